The van der Waals surface area contributed by atoms with Crippen molar-refractivity contribution in [3.05, 3.63) is 35.9 Å². The second-order valence-corrected chi connectivity index (χ2v) is 20.0. The summed E-state index contributed by atoms with van der Waals surface area (Å²) in [6, 6.07) is 10.3. The molecule has 2 rings (SSSR count). The highest BCUT2D eigenvalue weighted by atomic mass is 31.2. The number of rotatable bonds is 18. The van der Waals surface area contributed by atoms with E-state index in [4.69, 9.17) is 23.2 Å². The van der Waals surface area contributed by atoms with Crippen molar-refractivity contribution in [2.45, 2.75) is 116 Å². The third-order valence-electron chi connectivity index (χ3n) is 8.29. The molecule has 0 radical (unpaired) electrons. The van der Waals surface area contributed by atoms with Crippen LogP contribution < -0.4 is 0 Å². The number of ether oxygens (including phenoxy) is 3. The lowest BCUT2D eigenvalue weighted by Crippen LogP contribution is -2.64. The Hall–Kier alpha value is -0.573. The zero-order chi connectivity index (χ0) is 29.8. The molecule has 1 saturated heterocycles. The fourth-order valence-electron chi connectivity index (χ4n) is 4.90. The summed E-state index contributed by atoms with van der Waals surface area (Å²) >= 11 is 0. The van der Waals surface area contributed by atoms with Crippen molar-refractivity contribution in [1.82, 2.24) is 4.90 Å². The number of hydrogen-bond acceptors (Lipinski definition) is 7. The van der Waals surface area contributed by atoms with Gasteiger partial charge in [0.15, 0.2) is 8.32 Å². The number of benzene rings is 1. The van der Waals surface area contributed by atoms with E-state index in [-0.39, 0.29) is 35.7 Å². The van der Waals surface area contributed by atoms with Crippen molar-refractivity contribution >= 4 is 15.7 Å². The molecule has 5 atom stereocenters. The van der Waals surface area contributed by atoms with E-state index >= 15 is 0 Å². The van der Waals surface area contributed by atoms with Crippen molar-refractivity contribution in [3.63, 3.8) is 0 Å². The summed E-state index contributed by atoms with van der Waals surface area (Å²) in [5.41, 5.74) is 1.12. The number of likely N-dealkylation sites (tertiary alicyclic amines) is 1. The first kappa shape index (κ1) is 35.6. The van der Waals surface area contributed by atoms with Crippen LogP contribution in [0.3, 0.4) is 0 Å². The lowest BCUT2D eigenvalue weighted by molar-refractivity contribution is -0.172. The molecule has 1 aromatic carbocycles. The Labute approximate surface area is 246 Å². The Morgan fingerprint density at radius 1 is 0.975 bits per heavy atom. The highest BCUT2D eigenvalue weighted by molar-refractivity contribution is 7.57. The van der Waals surface area contributed by atoms with E-state index in [1.807, 2.05) is 32.0 Å². The summed E-state index contributed by atoms with van der Waals surface area (Å²) in [5.74, 6) is 0. The molecule has 0 saturated carbocycles. The lowest BCUT2D eigenvalue weighted by atomic mass is 9.94. The number of piperidine rings is 1. The third kappa shape index (κ3) is 11.6. The standard InChI is InChI=1S/C31H58NO6PSi/c1-10-34-22-18-13-12-17-21-32-23-28(38-40(8,9)31(4,5)6)30(35-24-27-19-15-14-16-20-27)29(26(32)3)36-25-39(7,33)37-11-2/h14-16,19-20,26,28-30H,10-13,17-18,21-25H2,1-9H3/t26-,28+,29+,30-,39?/m1/s1. The van der Waals surface area contributed by atoms with Gasteiger partial charge in [0, 0.05) is 32.5 Å². The van der Waals surface area contributed by atoms with Crippen LogP contribution in [0.5, 0.6) is 0 Å². The zero-order valence-corrected chi connectivity index (χ0v) is 28.7. The van der Waals surface area contributed by atoms with Gasteiger partial charge in [-0.3, -0.25) is 9.46 Å². The maximum Gasteiger partial charge on any atom is 0.225 e. The van der Waals surface area contributed by atoms with Crippen molar-refractivity contribution in [2.24, 2.45) is 0 Å². The van der Waals surface area contributed by atoms with Gasteiger partial charge in [0.2, 0.25) is 7.37 Å². The fraction of sp³-hybridized carbons (Fsp3) is 0.806. The predicted octanol–water partition coefficient (Wildman–Crippen LogP) is 7.55. The van der Waals surface area contributed by atoms with Gasteiger partial charge < -0.3 is 23.2 Å². The normalized spacial score (nSPS) is 24.2. The summed E-state index contributed by atoms with van der Waals surface area (Å²) < 4.78 is 44.4. The Bertz CT molecular complexity index is 880. The van der Waals surface area contributed by atoms with Crippen LogP contribution in [0.25, 0.3) is 0 Å². The second kappa shape index (κ2) is 16.9. The first-order valence-electron chi connectivity index (χ1n) is 15.3. The van der Waals surface area contributed by atoms with Gasteiger partial charge in [0.05, 0.1) is 19.3 Å². The van der Waals surface area contributed by atoms with Crippen LogP contribution in [0.15, 0.2) is 30.3 Å². The average Bonchev–Trinajstić information content (AvgIpc) is 2.87. The number of nitrogens with zero attached hydrogens (tertiary/aromatic N) is 1. The van der Waals surface area contributed by atoms with E-state index in [2.05, 4.69) is 57.8 Å². The molecule has 0 aliphatic carbocycles. The fourth-order valence-corrected chi connectivity index (χ4v) is 7.28. The molecule has 1 fully saturated rings. The van der Waals surface area contributed by atoms with Gasteiger partial charge in [-0.05, 0) is 63.9 Å². The molecular formula is C31H58NO6PSi. The predicted molar refractivity (Wildman–Crippen MR) is 168 cm³/mol. The maximum absolute atomic E-state index is 13.1. The molecule has 0 spiro atoms. The van der Waals surface area contributed by atoms with Crippen molar-refractivity contribution in [2.75, 3.05) is 45.9 Å². The van der Waals surface area contributed by atoms with Gasteiger partial charge >= 0.3 is 0 Å². The summed E-state index contributed by atoms with van der Waals surface area (Å²) in [6.07, 6.45) is 3.89. The second-order valence-electron chi connectivity index (χ2n) is 12.7. The van der Waals surface area contributed by atoms with E-state index in [9.17, 15) is 4.57 Å². The van der Waals surface area contributed by atoms with E-state index in [1.54, 1.807) is 6.66 Å². The van der Waals surface area contributed by atoms with Crippen LogP contribution in [0.1, 0.15) is 72.8 Å². The molecule has 0 amide bonds. The molecule has 1 heterocycles. The van der Waals surface area contributed by atoms with E-state index in [0.717, 1.165) is 51.1 Å². The van der Waals surface area contributed by atoms with E-state index < -0.39 is 15.7 Å². The first-order valence-corrected chi connectivity index (χ1v) is 20.5. The summed E-state index contributed by atoms with van der Waals surface area (Å²) in [7, 11) is -4.98. The molecule has 40 heavy (non-hydrogen) atoms. The average molecular weight is 600 g/mol. The molecule has 232 valence electrons. The SMILES string of the molecule is CCOCCCCCCN1C[C@H](O[Si](C)(C)C(C)(C)C)[C@@H](OCc2ccccc2)[C@@H](OCP(C)(=O)OCC)[C@H]1C. The summed E-state index contributed by atoms with van der Waals surface area (Å²) in [5, 5.41) is 0.0654. The van der Waals surface area contributed by atoms with Crippen LogP contribution in [-0.2, 0) is 34.3 Å². The highest BCUT2D eigenvalue weighted by Crippen LogP contribution is 2.44. The van der Waals surface area contributed by atoms with Crippen molar-refractivity contribution < 1.29 is 27.7 Å². The molecule has 7 nitrogen and oxygen atoms in total. The van der Waals surface area contributed by atoms with Gasteiger partial charge in [0.25, 0.3) is 0 Å². The van der Waals surface area contributed by atoms with Gasteiger partial charge in [0.1, 0.15) is 18.6 Å². The quantitative estimate of drug-likeness (QED) is 0.0980. The maximum atomic E-state index is 13.1. The summed E-state index contributed by atoms with van der Waals surface area (Å²) in [4.78, 5) is 2.49. The Kier molecular flexibility index (Phi) is 15.1. The molecule has 1 aliphatic rings. The molecule has 0 N–H and O–H groups in total. The Morgan fingerprint density at radius 2 is 1.65 bits per heavy atom. The molecule has 0 aromatic heterocycles. The largest absolute Gasteiger partial charge is 0.410 e. The molecular weight excluding hydrogens is 541 g/mol. The van der Waals surface area contributed by atoms with Gasteiger partial charge in [-0.15, -0.1) is 0 Å². The van der Waals surface area contributed by atoms with Crippen LogP contribution >= 0.6 is 7.37 Å². The van der Waals surface area contributed by atoms with Crippen LogP contribution in [0.2, 0.25) is 18.1 Å². The molecule has 9 heteroatoms. The van der Waals surface area contributed by atoms with E-state index in [0.29, 0.717) is 13.2 Å². The van der Waals surface area contributed by atoms with Crippen LogP contribution in [-0.4, -0.2) is 83.5 Å². The monoisotopic (exact) mass is 599 g/mol. The molecule has 1 unspecified atom stereocenters. The zero-order valence-electron chi connectivity index (χ0n) is 26.8. The highest BCUT2D eigenvalue weighted by Gasteiger charge is 2.48. The minimum atomic E-state index is -2.88. The minimum absolute atomic E-state index is 0.0654. The van der Waals surface area contributed by atoms with Crippen molar-refractivity contribution in [3.8, 4) is 0 Å². The van der Waals surface area contributed by atoms with Gasteiger partial charge in [-0.2, -0.15) is 0 Å². The molecule has 1 aromatic rings. The lowest BCUT2D eigenvalue weighted by Gasteiger charge is -2.50. The molecule has 1 aliphatic heterocycles. The topological polar surface area (TPSA) is 66.5 Å². The van der Waals surface area contributed by atoms with Crippen molar-refractivity contribution in [1.29, 1.82) is 0 Å². The number of hydrogen-bond donors (Lipinski definition) is 0. The first-order chi connectivity index (χ1) is 18.8. The minimum Gasteiger partial charge on any atom is -0.410 e. The van der Waals surface area contributed by atoms with Gasteiger partial charge in [-0.1, -0.05) is 63.9 Å². The molecule has 0 bridgehead atoms. The number of unbranched alkanes of at least 4 members (excludes halogenated alkanes) is 3. The smallest absolute Gasteiger partial charge is 0.225 e. The van der Waals surface area contributed by atoms with Crippen LogP contribution in [0, 0.1) is 0 Å². The Balaban J connectivity index is 2.28. The Morgan fingerprint density at radius 3 is 2.27 bits per heavy atom. The summed E-state index contributed by atoms with van der Waals surface area (Å²) in [6.45, 7) is 23.4. The van der Waals surface area contributed by atoms with Gasteiger partial charge in [-0.25, -0.2) is 0 Å². The third-order valence-corrected chi connectivity index (χ3v) is 14.2. The van der Waals surface area contributed by atoms with Crippen LogP contribution in [0.4, 0.5) is 0 Å². The van der Waals surface area contributed by atoms with E-state index in [1.165, 1.54) is 6.42 Å².